The molecule has 2 unspecified atom stereocenters. The minimum absolute atomic E-state index is 0. The Kier molecular flexibility index (Phi) is 4.48. The van der Waals surface area contributed by atoms with Crippen LogP contribution >= 0.6 is 12.4 Å². The summed E-state index contributed by atoms with van der Waals surface area (Å²) in [6.45, 7) is 0.0983. The molecule has 2 atom stereocenters. The van der Waals surface area contributed by atoms with E-state index in [-0.39, 0.29) is 24.5 Å². The van der Waals surface area contributed by atoms with E-state index in [0.717, 1.165) is 12.8 Å². The number of fused-ring (bicyclic) bond motifs is 2. The van der Waals surface area contributed by atoms with E-state index >= 15 is 0 Å². The third-order valence-corrected chi connectivity index (χ3v) is 3.05. The van der Waals surface area contributed by atoms with Gasteiger partial charge in [-0.05, 0) is 12.8 Å². The van der Waals surface area contributed by atoms with E-state index < -0.39 is 18.8 Å². The van der Waals surface area contributed by atoms with Crippen molar-refractivity contribution in [1.82, 2.24) is 15.5 Å². The second kappa shape index (κ2) is 5.30. The lowest BCUT2D eigenvalue weighted by molar-refractivity contribution is -0.123. The van der Waals surface area contributed by atoms with Crippen molar-refractivity contribution in [2.24, 2.45) is 0 Å². The van der Waals surface area contributed by atoms with Gasteiger partial charge in [-0.2, -0.15) is 13.2 Å². The van der Waals surface area contributed by atoms with Gasteiger partial charge in [-0.3, -0.25) is 0 Å². The maximum atomic E-state index is 11.9. The fraction of sp³-hybridized carbons (Fsp3) is 0.889. The van der Waals surface area contributed by atoms with Crippen LogP contribution in [0.2, 0.25) is 0 Å². The highest BCUT2D eigenvalue weighted by Crippen LogP contribution is 2.26. The molecule has 0 aliphatic carbocycles. The van der Waals surface area contributed by atoms with Crippen LogP contribution in [0.5, 0.6) is 0 Å². The summed E-state index contributed by atoms with van der Waals surface area (Å²) in [4.78, 5) is 13.2. The van der Waals surface area contributed by atoms with Gasteiger partial charge in [0.2, 0.25) is 0 Å². The number of piperazine rings is 1. The zero-order valence-electron chi connectivity index (χ0n) is 9.09. The van der Waals surface area contributed by atoms with E-state index in [0.29, 0.717) is 13.1 Å². The Morgan fingerprint density at radius 1 is 1.29 bits per heavy atom. The Hall–Kier alpha value is -0.690. The highest BCUT2D eigenvalue weighted by molar-refractivity contribution is 5.85. The quantitative estimate of drug-likeness (QED) is 0.752. The number of amides is 2. The van der Waals surface area contributed by atoms with Gasteiger partial charge in [-0.15, -0.1) is 12.4 Å². The summed E-state index contributed by atoms with van der Waals surface area (Å²) in [7, 11) is 0. The highest BCUT2D eigenvalue weighted by Gasteiger charge is 2.40. The smallest absolute Gasteiger partial charge is 0.329 e. The van der Waals surface area contributed by atoms with E-state index in [2.05, 4.69) is 5.32 Å². The largest absolute Gasteiger partial charge is 0.405 e. The lowest BCUT2D eigenvalue weighted by Crippen LogP contribution is -2.57. The SMILES string of the molecule is Cl.O=C(NCC(F)(F)F)N1C2CCC1CNC2. The van der Waals surface area contributed by atoms with Gasteiger partial charge in [-0.25, -0.2) is 4.79 Å². The molecule has 2 saturated heterocycles. The topological polar surface area (TPSA) is 44.4 Å². The first-order valence-corrected chi connectivity index (χ1v) is 5.31. The van der Waals surface area contributed by atoms with Crippen molar-refractivity contribution in [2.45, 2.75) is 31.1 Å². The summed E-state index contributed by atoms with van der Waals surface area (Å²) >= 11 is 0. The molecule has 0 aromatic rings. The summed E-state index contributed by atoms with van der Waals surface area (Å²) in [5.41, 5.74) is 0. The first-order chi connectivity index (χ1) is 7.47. The maximum absolute atomic E-state index is 11.9. The molecule has 2 amide bonds. The average Bonchev–Trinajstić information content (AvgIpc) is 2.44. The predicted octanol–water partition coefficient (Wildman–Crippen LogP) is 1.12. The lowest BCUT2D eigenvalue weighted by atomic mass is 10.2. The van der Waals surface area contributed by atoms with Crippen LogP contribution in [0.1, 0.15) is 12.8 Å². The molecular formula is C9H15ClF3N3O. The van der Waals surface area contributed by atoms with Crippen molar-refractivity contribution in [2.75, 3.05) is 19.6 Å². The van der Waals surface area contributed by atoms with Gasteiger partial charge in [0, 0.05) is 25.2 Å². The van der Waals surface area contributed by atoms with Crippen LogP contribution in [0.3, 0.4) is 0 Å². The molecule has 2 aliphatic heterocycles. The molecule has 17 heavy (non-hydrogen) atoms. The van der Waals surface area contributed by atoms with Crippen LogP contribution in [-0.2, 0) is 0 Å². The number of rotatable bonds is 1. The summed E-state index contributed by atoms with van der Waals surface area (Å²) in [6, 6.07) is -0.495. The predicted molar refractivity (Wildman–Crippen MR) is 58.2 cm³/mol. The molecule has 0 aromatic carbocycles. The molecule has 0 aromatic heterocycles. The third kappa shape index (κ3) is 3.38. The van der Waals surface area contributed by atoms with Crippen molar-refractivity contribution in [3.63, 3.8) is 0 Å². The lowest BCUT2D eigenvalue weighted by Gasteiger charge is -2.35. The first-order valence-electron chi connectivity index (χ1n) is 5.31. The van der Waals surface area contributed by atoms with Crippen molar-refractivity contribution >= 4 is 18.4 Å². The highest BCUT2D eigenvalue weighted by atomic mass is 35.5. The van der Waals surface area contributed by atoms with Crippen LogP contribution in [0.4, 0.5) is 18.0 Å². The Morgan fingerprint density at radius 3 is 2.29 bits per heavy atom. The molecule has 2 fully saturated rings. The Morgan fingerprint density at radius 2 is 1.82 bits per heavy atom. The molecule has 100 valence electrons. The zero-order valence-corrected chi connectivity index (χ0v) is 9.90. The fourth-order valence-corrected chi connectivity index (χ4v) is 2.38. The Labute approximate surface area is 103 Å². The van der Waals surface area contributed by atoms with Gasteiger partial charge in [0.15, 0.2) is 0 Å². The number of carbonyl (C=O) groups is 1. The number of nitrogens with zero attached hydrogens (tertiary/aromatic N) is 1. The van der Waals surface area contributed by atoms with Crippen molar-refractivity contribution < 1.29 is 18.0 Å². The standard InChI is InChI=1S/C9H14F3N3O.ClH/c10-9(11,12)5-14-8(16)15-6-1-2-7(15)4-13-3-6;/h6-7,13H,1-5H2,(H,14,16);1H. The molecule has 2 rings (SSSR count). The van der Waals surface area contributed by atoms with E-state index in [1.54, 1.807) is 4.90 Å². The molecule has 2 N–H and O–H groups in total. The summed E-state index contributed by atoms with van der Waals surface area (Å²) in [5, 5.41) is 5.09. The first kappa shape index (κ1) is 14.4. The molecule has 8 heteroatoms. The van der Waals surface area contributed by atoms with Crippen molar-refractivity contribution in [3.8, 4) is 0 Å². The summed E-state index contributed by atoms with van der Waals surface area (Å²) in [5.74, 6) is 0. The second-order valence-electron chi connectivity index (χ2n) is 4.22. The number of halogens is 4. The number of alkyl halides is 3. The molecule has 2 aliphatic rings. The van der Waals surface area contributed by atoms with E-state index in [4.69, 9.17) is 0 Å². The van der Waals surface area contributed by atoms with Gasteiger partial charge in [0.25, 0.3) is 0 Å². The van der Waals surface area contributed by atoms with E-state index in [1.807, 2.05) is 5.32 Å². The zero-order chi connectivity index (χ0) is 11.8. The second-order valence-corrected chi connectivity index (χ2v) is 4.22. The van der Waals surface area contributed by atoms with Crippen molar-refractivity contribution in [3.05, 3.63) is 0 Å². The maximum Gasteiger partial charge on any atom is 0.405 e. The molecule has 0 radical (unpaired) electrons. The molecule has 4 nitrogen and oxygen atoms in total. The van der Waals surface area contributed by atoms with Crippen LogP contribution in [0.25, 0.3) is 0 Å². The monoisotopic (exact) mass is 273 g/mol. The van der Waals surface area contributed by atoms with Crippen molar-refractivity contribution in [1.29, 1.82) is 0 Å². The molecule has 0 saturated carbocycles. The summed E-state index contributed by atoms with van der Waals surface area (Å²) in [6.07, 6.45) is -2.60. The van der Waals surface area contributed by atoms with Gasteiger partial charge in [0.1, 0.15) is 6.54 Å². The molecule has 0 spiro atoms. The number of nitrogens with one attached hydrogen (secondary N) is 2. The van der Waals surface area contributed by atoms with Gasteiger partial charge in [0.05, 0.1) is 0 Å². The average molecular weight is 274 g/mol. The van der Waals surface area contributed by atoms with Gasteiger partial charge < -0.3 is 15.5 Å². The van der Waals surface area contributed by atoms with Crippen LogP contribution in [0, 0.1) is 0 Å². The molecule has 2 heterocycles. The number of urea groups is 1. The minimum Gasteiger partial charge on any atom is -0.329 e. The van der Waals surface area contributed by atoms with E-state index in [1.165, 1.54) is 0 Å². The number of carbonyl (C=O) groups excluding carboxylic acids is 1. The minimum atomic E-state index is -4.34. The summed E-state index contributed by atoms with van der Waals surface area (Å²) < 4.78 is 35.8. The fourth-order valence-electron chi connectivity index (χ4n) is 2.38. The normalized spacial score (nSPS) is 27.6. The molecular weight excluding hydrogens is 259 g/mol. The van der Waals surface area contributed by atoms with Crippen LogP contribution in [-0.4, -0.2) is 48.8 Å². The number of hydrogen-bond donors (Lipinski definition) is 2. The van der Waals surface area contributed by atoms with Gasteiger partial charge >= 0.3 is 12.2 Å². The van der Waals surface area contributed by atoms with Crippen LogP contribution < -0.4 is 10.6 Å². The number of hydrogen-bond acceptors (Lipinski definition) is 2. The van der Waals surface area contributed by atoms with E-state index in [9.17, 15) is 18.0 Å². The van der Waals surface area contributed by atoms with Gasteiger partial charge in [-0.1, -0.05) is 0 Å². The Bertz CT molecular complexity index is 271. The third-order valence-electron chi connectivity index (χ3n) is 3.05. The Balaban J connectivity index is 0.00000144. The molecule has 2 bridgehead atoms. The van der Waals surface area contributed by atoms with Crippen LogP contribution in [0.15, 0.2) is 0 Å².